The lowest BCUT2D eigenvalue weighted by atomic mass is 10.3. The van der Waals surface area contributed by atoms with Crippen molar-refractivity contribution in [1.29, 1.82) is 0 Å². The molecule has 2 aromatic rings. The highest BCUT2D eigenvalue weighted by Crippen LogP contribution is 2.22. The molecule has 92 valence electrons. The maximum atomic E-state index is 6.32. The zero-order valence-corrected chi connectivity index (χ0v) is 11.4. The van der Waals surface area contributed by atoms with Crippen LogP contribution in [-0.2, 0) is 20.0 Å². The van der Waals surface area contributed by atoms with Crippen molar-refractivity contribution in [3.8, 4) is 0 Å². The van der Waals surface area contributed by atoms with Gasteiger partial charge in [-0.2, -0.15) is 5.10 Å². The fraction of sp³-hybridized carbons (Fsp3) is 0.500. The summed E-state index contributed by atoms with van der Waals surface area (Å²) in [5, 5.41) is 5.19. The number of hydrogen-bond donors (Lipinski definition) is 0. The Bertz CT molecular complexity index is 539. The molecule has 5 heteroatoms. The summed E-state index contributed by atoms with van der Waals surface area (Å²) in [5.41, 5.74) is 4.21. The van der Waals surface area contributed by atoms with Gasteiger partial charge < -0.3 is 4.57 Å². The van der Waals surface area contributed by atoms with E-state index in [1.807, 2.05) is 25.0 Å². The van der Waals surface area contributed by atoms with Gasteiger partial charge in [0, 0.05) is 12.7 Å². The second-order valence-corrected chi connectivity index (χ2v) is 4.61. The molecule has 0 radical (unpaired) electrons. The summed E-state index contributed by atoms with van der Waals surface area (Å²) >= 11 is 6.32. The molecule has 0 amide bonds. The van der Waals surface area contributed by atoms with E-state index in [9.17, 15) is 0 Å². The molecule has 0 atom stereocenters. The van der Waals surface area contributed by atoms with Gasteiger partial charge in [0.2, 0.25) is 0 Å². The van der Waals surface area contributed by atoms with Gasteiger partial charge in [-0.25, -0.2) is 4.98 Å². The van der Waals surface area contributed by atoms with Crippen molar-refractivity contribution in [2.24, 2.45) is 7.05 Å². The Balaban J connectivity index is 2.36. The third-order valence-corrected chi connectivity index (χ3v) is 3.60. The topological polar surface area (TPSA) is 35.6 Å². The molecule has 0 aliphatic carbocycles. The average molecular weight is 253 g/mol. The van der Waals surface area contributed by atoms with Gasteiger partial charge in [0.15, 0.2) is 0 Å². The number of imidazole rings is 1. The van der Waals surface area contributed by atoms with Crippen LogP contribution in [0.3, 0.4) is 0 Å². The quantitative estimate of drug-likeness (QED) is 0.842. The molecule has 4 nitrogen and oxygen atoms in total. The van der Waals surface area contributed by atoms with Gasteiger partial charge in [-0.1, -0.05) is 18.5 Å². The first kappa shape index (κ1) is 12.2. The van der Waals surface area contributed by atoms with Crippen LogP contribution in [0.15, 0.2) is 6.33 Å². The smallest absolute Gasteiger partial charge is 0.0955 e. The van der Waals surface area contributed by atoms with Crippen LogP contribution < -0.4 is 0 Å². The molecule has 0 bridgehead atoms. The maximum absolute atomic E-state index is 6.32. The Morgan fingerprint density at radius 3 is 2.53 bits per heavy atom. The van der Waals surface area contributed by atoms with Gasteiger partial charge in [-0.3, -0.25) is 4.68 Å². The van der Waals surface area contributed by atoms with Crippen molar-refractivity contribution < 1.29 is 0 Å². The predicted molar refractivity (Wildman–Crippen MR) is 68.4 cm³/mol. The van der Waals surface area contributed by atoms with Crippen molar-refractivity contribution in [2.45, 2.75) is 33.7 Å². The number of aromatic nitrogens is 4. The van der Waals surface area contributed by atoms with Crippen molar-refractivity contribution in [3.05, 3.63) is 34.1 Å². The van der Waals surface area contributed by atoms with Crippen molar-refractivity contribution >= 4 is 11.6 Å². The first-order valence-electron chi connectivity index (χ1n) is 5.73. The molecule has 0 unspecified atom stereocenters. The largest absolute Gasteiger partial charge is 0.329 e. The zero-order valence-electron chi connectivity index (χ0n) is 10.7. The van der Waals surface area contributed by atoms with Gasteiger partial charge in [-0.05, 0) is 20.3 Å². The van der Waals surface area contributed by atoms with Crippen LogP contribution in [0.5, 0.6) is 0 Å². The second kappa shape index (κ2) is 4.53. The Hall–Kier alpha value is -1.29. The lowest BCUT2D eigenvalue weighted by molar-refractivity contribution is 0.652. The van der Waals surface area contributed by atoms with E-state index < -0.39 is 0 Å². The highest BCUT2D eigenvalue weighted by atomic mass is 35.5. The molecular weight excluding hydrogens is 236 g/mol. The molecule has 0 aliphatic heterocycles. The van der Waals surface area contributed by atoms with Crippen LogP contribution >= 0.6 is 11.6 Å². The molecular formula is C12H17ClN4. The molecule has 0 aliphatic rings. The van der Waals surface area contributed by atoms with E-state index >= 15 is 0 Å². The molecule has 0 fully saturated rings. The van der Waals surface area contributed by atoms with Crippen LogP contribution in [0.1, 0.15) is 29.7 Å². The van der Waals surface area contributed by atoms with Crippen LogP contribution in [0.4, 0.5) is 0 Å². The van der Waals surface area contributed by atoms with E-state index in [0.29, 0.717) is 0 Å². The monoisotopic (exact) mass is 252 g/mol. The standard InChI is InChI=1S/C12H17ClN4/c1-5-10-12(13)11(16(4)15-10)6-17-7-14-8(2)9(17)3/h7H,5-6H2,1-4H3. The summed E-state index contributed by atoms with van der Waals surface area (Å²) in [6.45, 7) is 6.85. The van der Waals surface area contributed by atoms with Gasteiger partial charge in [0.1, 0.15) is 0 Å². The molecule has 2 heterocycles. The van der Waals surface area contributed by atoms with E-state index in [1.165, 1.54) is 5.69 Å². The molecule has 0 saturated carbocycles. The maximum Gasteiger partial charge on any atom is 0.0955 e. The van der Waals surface area contributed by atoms with E-state index in [4.69, 9.17) is 11.6 Å². The minimum atomic E-state index is 0.717. The van der Waals surface area contributed by atoms with Crippen molar-refractivity contribution in [2.75, 3.05) is 0 Å². The fourth-order valence-electron chi connectivity index (χ4n) is 1.86. The van der Waals surface area contributed by atoms with E-state index in [2.05, 4.69) is 28.5 Å². The molecule has 0 N–H and O–H groups in total. The number of hydrogen-bond acceptors (Lipinski definition) is 2. The van der Waals surface area contributed by atoms with Crippen LogP contribution in [0.25, 0.3) is 0 Å². The molecule has 2 rings (SSSR count). The van der Waals surface area contributed by atoms with E-state index in [-0.39, 0.29) is 0 Å². The molecule has 0 spiro atoms. The average Bonchev–Trinajstić information content (AvgIpc) is 2.76. The minimum absolute atomic E-state index is 0.717. The molecule has 0 aromatic carbocycles. The summed E-state index contributed by atoms with van der Waals surface area (Å²) in [5.74, 6) is 0. The molecule has 17 heavy (non-hydrogen) atoms. The predicted octanol–water partition coefficient (Wildman–Crippen LogP) is 2.50. The zero-order chi connectivity index (χ0) is 12.6. The molecule has 0 saturated heterocycles. The number of aryl methyl sites for hydroxylation is 3. The van der Waals surface area contributed by atoms with Crippen LogP contribution in [0, 0.1) is 13.8 Å². The molecule has 2 aromatic heterocycles. The summed E-state index contributed by atoms with van der Waals surface area (Å²) < 4.78 is 3.95. The Morgan fingerprint density at radius 1 is 1.35 bits per heavy atom. The number of rotatable bonds is 3. The van der Waals surface area contributed by atoms with Crippen LogP contribution in [0.2, 0.25) is 5.02 Å². The van der Waals surface area contributed by atoms with Gasteiger partial charge in [0.05, 0.1) is 35.0 Å². The highest BCUT2D eigenvalue weighted by Gasteiger charge is 2.14. The highest BCUT2D eigenvalue weighted by molar-refractivity contribution is 6.31. The van der Waals surface area contributed by atoms with Gasteiger partial charge >= 0.3 is 0 Å². The van der Waals surface area contributed by atoms with E-state index in [1.54, 1.807) is 0 Å². The second-order valence-electron chi connectivity index (χ2n) is 4.23. The van der Waals surface area contributed by atoms with Crippen LogP contribution in [-0.4, -0.2) is 19.3 Å². The summed E-state index contributed by atoms with van der Waals surface area (Å²) in [4.78, 5) is 4.29. The van der Waals surface area contributed by atoms with Gasteiger partial charge in [-0.15, -0.1) is 0 Å². The summed E-state index contributed by atoms with van der Waals surface area (Å²) in [6, 6.07) is 0. The van der Waals surface area contributed by atoms with E-state index in [0.717, 1.165) is 35.1 Å². The number of nitrogens with zero attached hydrogens (tertiary/aromatic N) is 4. The summed E-state index contributed by atoms with van der Waals surface area (Å²) in [7, 11) is 1.93. The normalized spacial score (nSPS) is 11.1. The third kappa shape index (κ3) is 2.09. The lowest BCUT2D eigenvalue weighted by Gasteiger charge is -2.06. The SMILES string of the molecule is CCc1nn(C)c(Cn2cnc(C)c2C)c1Cl. The lowest BCUT2D eigenvalue weighted by Crippen LogP contribution is -2.06. The Morgan fingerprint density at radius 2 is 2.06 bits per heavy atom. The fourth-order valence-corrected chi connectivity index (χ4v) is 2.21. The Kier molecular flexibility index (Phi) is 3.24. The van der Waals surface area contributed by atoms with Crippen molar-refractivity contribution in [3.63, 3.8) is 0 Å². The summed E-state index contributed by atoms with van der Waals surface area (Å²) in [6.07, 6.45) is 2.70. The first-order chi connectivity index (χ1) is 8.04. The van der Waals surface area contributed by atoms with Crippen molar-refractivity contribution in [1.82, 2.24) is 19.3 Å². The van der Waals surface area contributed by atoms with Gasteiger partial charge in [0.25, 0.3) is 0 Å². The minimum Gasteiger partial charge on any atom is -0.329 e. The Labute approximate surface area is 106 Å². The third-order valence-electron chi connectivity index (χ3n) is 3.17. The number of halogens is 1. The first-order valence-corrected chi connectivity index (χ1v) is 6.11.